The Morgan fingerprint density at radius 2 is 2.22 bits per heavy atom. The van der Waals surface area contributed by atoms with Gasteiger partial charge >= 0.3 is 6.09 Å². The Balaban J connectivity index is 2.54. The Morgan fingerprint density at radius 1 is 1.44 bits per heavy atom. The van der Waals surface area contributed by atoms with Crippen molar-refractivity contribution < 1.29 is 9.53 Å². The van der Waals surface area contributed by atoms with E-state index in [9.17, 15) is 4.79 Å². The van der Waals surface area contributed by atoms with E-state index in [0.717, 1.165) is 18.7 Å². The number of nitrogens with zero attached hydrogens (tertiary/aromatic N) is 2. The van der Waals surface area contributed by atoms with Crippen molar-refractivity contribution in [1.29, 1.82) is 0 Å². The summed E-state index contributed by atoms with van der Waals surface area (Å²) in [4.78, 5) is 17.5. The van der Waals surface area contributed by atoms with Crippen LogP contribution in [0.4, 0.5) is 16.3 Å². The smallest absolute Gasteiger partial charge is 0.412 e. The molecule has 1 amide bonds. The van der Waals surface area contributed by atoms with E-state index in [4.69, 9.17) is 4.74 Å². The molecule has 0 radical (unpaired) electrons. The third kappa shape index (κ3) is 4.61. The van der Waals surface area contributed by atoms with Crippen molar-refractivity contribution in [3.05, 3.63) is 18.3 Å². The molecule has 0 fully saturated rings. The van der Waals surface area contributed by atoms with Gasteiger partial charge in [0, 0.05) is 13.6 Å². The molecule has 1 rings (SSSR count). The SMILES string of the molecule is CCCCN(C)c1ccc(NC(=O)OCC)nc1. The number of pyridine rings is 1. The van der Waals surface area contributed by atoms with Crippen LogP contribution in [-0.4, -0.2) is 31.3 Å². The number of ether oxygens (including phenoxy) is 1. The van der Waals surface area contributed by atoms with E-state index in [1.807, 2.05) is 13.1 Å². The Labute approximate surface area is 108 Å². The van der Waals surface area contributed by atoms with Crippen molar-refractivity contribution >= 4 is 17.6 Å². The first-order valence-corrected chi connectivity index (χ1v) is 6.28. The van der Waals surface area contributed by atoms with E-state index in [-0.39, 0.29) is 0 Å². The van der Waals surface area contributed by atoms with Gasteiger partial charge in [-0.25, -0.2) is 9.78 Å². The van der Waals surface area contributed by atoms with Gasteiger partial charge in [0.25, 0.3) is 0 Å². The Hall–Kier alpha value is -1.78. The van der Waals surface area contributed by atoms with Crippen LogP contribution in [0.15, 0.2) is 18.3 Å². The first-order chi connectivity index (χ1) is 8.67. The molecule has 0 unspecified atom stereocenters. The molecule has 100 valence electrons. The summed E-state index contributed by atoms with van der Waals surface area (Å²) in [6.45, 7) is 5.28. The normalized spacial score (nSPS) is 9.94. The molecule has 1 heterocycles. The Morgan fingerprint density at radius 3 is 2.78 bits per heavy atom. The number of anilines is 2. The average Bonchev–Trinajstić information content (AvgIpc) is 2.37. The van der Waals surface area contributed by atoms with Gasteiger partial charge < -0.3 is 9.64 Å². The predicted molar refractivity (Wildman–Crippen MR) is 73.1 cm³/mol. The van der Waals surface area contributed by atoms with Crippen LogP contribution in [0.1, 0.15) is 26.7 Å². The molecule has 0 aliphatic heterocycles. The lowest BCUT2D eigenvalue weighted by atomic mass is 10.3. The number of rotatable bonds is 6. The lowest BCUT2D eigenvalue weighted by Crippen LogP contribution is -2.19. The third-order valence-electron chi connectivity index (χ3n) is 2.54. The summed E-state index contributed by atoms with van der Waals surface area (Å²) in [5, 5.41) is 2.56. The molecular formula is C13H21N3O2. The highest BCUT2D eigenvalue weighted by molar-refractivity contribution is 5.83. The van der Waals surface area contributed by atoms with Gasteiger partial charge in [-0.05, 0) is 25.5 Å². The van der Waals surface area contributed by atoms with E-state index in [1.165, 1.54) is 6.42 Å². The van der Waals surface area contributed by atoms with Crippen molar-refractivity contribution in [2.75, 3.05) is 30.4 Å². The monoisotopic (exact) mass is 251 g/mol. The zero-order valence-electron chi connectivity index (χ0n) is 11.3. The molecule has 1 aromatic heterocycles. The number of amides is 1. The number of carbonyl (C=O) groups is 1. The fourth-order valence-electron chi connectivity index (χ4n) is 1.48. The molecule has 0 saturated carbocycles. The van der Waals surface area contributed by atoms with Crippen LogP contribution in [-0.2, 0) is 4.74 Å². The molecular weight excluding hydrogens is 230 g/mol. The van der Waals surface area contributed by atoms with Crippen LogP contribution in [0, 0.1) is 0 Å². The molecule has 0 saturated heterocycles. The zero-order chi connectivity index (χ0) is 13.4. The first kappa shape index (κ1) is 14.3. The Bertz CT molecular complexity index is 365. The van der Waals surface area contributed by atoms with Crippen molar-refractivity contribution in [2.24, 2.45) is 0 Å². The van der Waals surface area contributed by atoms with E-state index in [0.29, 0.717) is 12.4 Å². The minimum atomic E-state index is -0.475. The maximum absolute atomic E-state index is 11.2. The number of hydrogen-bond donors (Lipinski definition) is 1. The summed E-state index contributed by atoms with van der Waals surface area (Å²) in [6, 6.07) is 3.71. The minimum absolute atomic E-state index is 0.351. The summed E-state index contributed by atoms with van der Waals surface area (Å²) in [5.41, 5.74) is 1.04. The van der Waals surface area contributed by atoms with Crippen LogP contribution in [0.5, 0.6) is 0 Å². The van der Waals surface area contributed by atoms with Gasteiger partial charge in [0.2, 0.25) is 0 Å². The van der Waals surface area contributed by atoms with Crippen LogP contribution in [0.25, 0.3) is 0 Å². The predicted octanol–water partition coefficient (Wildman–Crippen LogP) is 2.89. The largest absolute Gasteiger partial charge is 0.450 e. The fourth-order valence-corrected chi connectivity index (χ4v) is 1.48. The first-order valence-electron chi connectivity index (χ1n) is 6.28. The molecule has 0 bridgehead atoms. The molecule has 1 N–H and O–H groups in total. The van der Waals surface area contributed by atoms with Crippen molar-refractivity contribution in [2.45, 2.75) is 26.7 Å². The lowest BCUT2D eigenvalue weighted by molar-refractivity contribution is 0.168. The molecule has 0 aliphatic carbocycles. The number of nitrogens with one attached hydrogen (secondary N) is 1. The molecule has 18 heavy (non-hydrogen) atoms. The lowest BCUT2D eigenvalue weighted by Gasteiger charge is -2.18. The Kier molecular flexibility index (Phi) is 5.97. The van der Waals surface area contributed by atoms with Crippen molar-refractivity contribution in [1.82, 2.24) is 4.98 Å². The van der Waals surface area contributed by atoms with Crippen LogP contribution < -0.4 is 10.2 Å². The summed E-state index contributed by atoms with van der Waals surface area (Å²) in [7, 11) is 2.03. The molecule has 5 heteroatoms. The highest BCUT2D eigenvalue weighted by Crippen LogP contribution is 2.14. The van der Waals surface area contributed by atoms with Gasteiger partial charge in [-0.15, -0.1) is 0 Å². The summed E-state index contributed by atoms with van der Waals surface area (Å²) >= 11 is 0. The third-order valence-corrected chi connectivity index (χ3v) is 2.54. The highest BCUT2D eigenvalue weighted by Gasteiger charge is 2.04. The number of carbonyl (C=O) groups excluding carboxylic acids is 1. The maximum atomic E-state index is 11.2. The molecule has 0 aliphatic rings. The number of aromatic nitrogens is 1. The van der Waals surface area contributed by atoms with Crippen molar-refractivity contribution in [3.63, 3.8) is 0 Å². The number of unbranched alkanes of at least 4 members (excludes halogenated alkanes) is 1. The van der Waals surface area contributed by atoms with Gasteiger partial charge in [0.05, 0.1) is 18.5 Å². The van der Waals surface area contributed by atoms with Gasteiger partial charge in [-0.1, -0.05) is 13.3 Å². The van der Waals surface area contributed by atoms with Crippen LogP contribution >= 0.6 is 0 Å². The second kappa shape index (κ2) is 7.53. The second-order valence-electron chi connectivity index (χ2n) is 4.02. The topological polar surface area (TPSA) is 54.5 Å². The van der Waals surface area contributed by atoms with Crippen LogP contribution in [0.3, 0.4) is 0 Å². The van der Waals surface area contributed by atoms with E-state index < -0.39 is 6.09 Å². The van der Waals surface area contributed by atoms with Crippen molar-refractivity contribution in [3.8, 4) is 0 Å². The molecule has 0 aromatic carbocycles. The number of hydrogen-bond acceptors (Lipinski definition) is 4. The van der Waals surface area contributed by atoms with Gasteiger partial charge in [0.15, 0.2) is 0 Å². The van der Waals surface area contributed by atoms with E-state index in [1.54, 1.807) is 19.2 Å². The molecule has 1 aromatic rings. The van der Waals surface area contributed by atoms with Gasteiger partial charge in [0.1, 0.15) is 5.82 Å². The van der Waals surface area contributed by atoms with E-state index >= 15 is 0 Å². The zero-order valence-corrected chi connectivity index (χ0v) is 11.3. The molecule has 0 atom stereocenters. The van der Waals surface area contributed by atoms with Crippen LogP contribution in [0.2, 0.25) is 0 Å². The summed E-state index contributed by atoms with van der Waals surface area (Å²) in [5.74, 6) is 0.501. The van der Waals surface area contributed by atoms with Gasteiger partial charge in [-0.2, -0.15) is 0 Å². The highest BCUT2D eigenvalue weighted by atomic mass is 16.5. The average molecular weight is 251 g/mol. The summed E-state index contributed by atoms with van der Waals surface area (Å²) < 4.78 is 4.78. The summed E-state index contributed by atoms with van der Waals surface area (Å²) in [6.07, 6.45) is 3.59. The quantitative estimate of drug-likeness (QED) is 0.844. The molecule has 0 spiro atoms. The second-order valence-corrected chi connectivity index (χ2v) is 4.02. The van der Waals surface area contributed by atoms with Gasteiger partial charge in [-0.3, -0.25) is 5.32 Å². The standard InChI is InChI=1S/C13H21N3O2/c1-4-6-9-16(3)11-7-8-12(14-10-11)15-13(17)18-5-2/h7-8,10H,4-6,9H2,1-3H3,(H,14,15,17). The van der Waals surface area contributed by atoms with E-state index in [2.05, 4.69) is 22.1 Å². The minimum Gasteiger partial charge on any atom is -0.450 e. The fraction of sp³-hybridized carbons (Fsp3) is 0.538. The molecule has 5 nitrogen and oxygen atoms in total. The maximum Gasteiger partial charge on any atom is 0.412 e.